The van der Waals surface area contributed by atoms with Crippen LogP contribution in [0.2, 0.25) is 0 Å². The fraction of sp³-hybridized carbons (Fsp3) is 0.867. The Balaban J connectivity index is 1.75. The monoisotopic (exact) mass is 310 g/mol. The summed E-state index contributed by atoms with van der Waals surface area (Å²) in [6.45, 7) is 4.82. The Hall–Kier alpha value is -1.02. The summed E-state index contributed by atoms with van der Waals surface area (Å²) in [4.78, 5) is 24.5. The highest BCUT2D eigenvalue weighted by molar-refractivity contribution is 6.13. The van der Waals surface area contributed by atoms with Crippen LogP contribution in [-0.2, 0) is 23.8 Å². The van der Waals surface area contributed by atoms with Crippen LogP contribution < -0.4 is 0 Å². The van der Waals surface area contributed by atoms with E-state index in [9.17, 15) is 19.8 Å². The van der Waals surface area contributed by atoms with Gasteiger partial charge in [0, 0.05) is 5.92 Å². The van der Waals surface area contributed by atoms with E-state index in [0.29, 0.717) is 0 Å². The van der Waals surface area contributed by atoms with E-state index in [1.54, 1.807) is 20.8 Å². The third-order valence-electron chi connectivity index (χ3n) is 6.78. The van der Waals surface area contributed by atoms with Crippen LogP contribution in [-0.4, -0.2) is 63.7 Å². The Bertz CT molecular complexity index is 638. The second-order valence-electron chi connectivity index (χ2n) is 8.01. The minimum Gasteiger partial charge on any atom is -0.459 e. The number of hydrogen-bond donors (Lipinski definition) is 2. The molecule has 8 atom stereocenters. The second kappa shape index (κ2) is 3.13. The van der Waals surface area contributed by atoms with E-state index in [1.807, 2.05) is 0 Å². The van der Waals surface area contributed by atoms with Gasteiger partial charge >= 0.3 is 5.97 Å². The molecule has 3 aliphatic heterocycles. The molecule has 8 unspecified atom stereocenters. The molecule has 3 heterocycles. The van der Waals surface area contributed by atoms with Crippen molar-refractivity contribution in [1.29, 1.82) is 0 Å². The molecular formula is C15H18O7. The molecule has 2 N–H and O–H groups in total. The molecule has 0 aromatic rings. The fourth-order valence-electron chi connectivity index (χ4n) is 5.67. The molecule has 22 heavy (non-hydrogen) atoms. The van der Waals surface area contributed by atoms with Gasteiger partial charge in [-0.05, 0) is 13.8 Å². The Morgan fingerprint density at radius 3 is 2.64 bits per heavy atom. The largest absolute Gasteiger partial charge is 0.459 e. The first-order chi connectivity index (χ1) is 10.1. The van der Waals surface area contributed by atoms with Crippen molar-refractivity contribution in [2.75, 3.05) is 6.61 Å². The molecule has 1 spiro atoms. The number of fused-ring (bicyclic) bond motifs is 4. The van der Waals surface area contributed by atoms with Crippen LogP contribution in [0.4, 0.5) is 0 Å². The number of ketones is 1. The molecule has 0 aromatic carbocycles. The van der Waals surface area contributed by atoms with Crippen LogP contribution >= 0.6 is 0 Å². The summed E-state index contributed by atoms with van der Waals surface area (Å²) in [5, 5.41) is 21.9. The number of rotatable bonds is 1. The summed E-state index contributed by atoms with van der Waals surface area (Å²) in [6.07, 6.45) is -2.03. The van der Waals surface area contributed by atoms with Gasteiger partial charge in [0.05, 0.1) is 23.5 Å². The molecule has 7 nitrogen and oxygen atoms in total. The SMILES string of the molecule is CC(C)(O)C1C2OC(=O)C1C1(O)COC34C(=O)C3OC2C14C. The average Bonchev–Trinajstić information content (AvgIpc) is 2.71. The van der Waals surface area contributed by atoms with Gasteiger partial charge in [-0.25, -0.2) is 0 Å². The number of carbonyl (C=O) groups excluding carboxylic acids is 2. The predicted octanol–water partition coefficient (Wildman–Crippen LogP) is -1.21. The molecular weight excluding hydrogens is 292 g/mol. The Labute approximate surface area is 126 Å². The number of aliphatic hydroxyl groups is 2. The minimum absolute atomic E-state index is 0.120. The van der Waals surface area contributed by atoms with Gasteiger partial charge in [-0.15, -0.1) is 0 Å². The van der Waals surface area contributed by atoms with E-state index >= 15 is 0 Å². The lowest BCUT2D eigenvalue weighted by Crippen LogP contribution is -2.69. The fourth-order valence-corrected chi connectivity index (χ4v) is 5.67. The zero-order chi connectivity index (χ0) is 15.9. The highest BCUT2D eigenvalue weighted by atomic mass is 16.6. The van der Waals surface area contributed by atoms with Crippen molar-refractivity contribution in [3.63, 3.8) is 0 Å². The zero-order valence-corrected chi connectivity index (χ0v) is 12.5. The number of esters is 1. The van der Waals surface area contributed by atoms with E-state index in [4.69, 9.17) is 14.2 Å². The van der Waals surface area contributed by atoms with Crippen molar-refractivity contribution < 1.29 is 34.0 Å². The van der Waals surface area contributed by atoms with Crippen molar-refractivity contribution in [2.24, 2.45) is 17.3 Å². The topological polar surface area (TPSA) is 102 Å². The third-order valence-corrected chi connectivity index (χ3v) is 6.78. The highest BCUT2D eigenvalue weighted by Crippen LogP contribution is 2.75. The highest BCUT2D eigenvalue weighted by Gasteiger charge is 2.95. The van der Waals surface area contributed by atoms with Crippen LogP contribution in [0.15, 0.2) is 0 Å². The first-order valence-corrected chi connectivity index (χ1v) is 7.60. The molecule has 120 valence electrons. The Kier molecular flexibility index (Phi) is 1.91. The number of hydrogen-bond acceptors (Lipinski definition) is 7. The molecule has 3 saturated heterocycles. The molecule has 2 bridgehead atoms. The van der Waals surface area contributed by atoms with Gasteiger partial charge in [-0.2, -0.15) is 0 Å². The summed E-state index contributed by atoms with van der Waals surface area (Å²) in [5.74, 6) is -2.25. The lowest BCUT2D eigenvalue weighted by molar-refractivity contribution is -0.213. The molecule has 0 aromatic heterocycles. The van der Waals surface area contributed by atoms with E-state index in [0.717, 1.165) is 0 Å². The molecule has 0 radical (unpaired) electrons. The van der Waals surface area contributed by atoms with Crippen molar-refractivity contribution >= 4 is 11.8 Å². The number of ether oxygens (including phenoxy) is 3. The van der Waals surface area contributed by atoms with Gasteiger partial charge in [-0.1, -0.05) is 6.92 Å². The maximum Gasteiger partial charge on any atom is 0.312 e. The van der Waals surface area contributed by atoms with Gasteiger partial charge in [0.1, 0.15) is 17.8 Å². The van der Waals surface area contributed by atoms with E-state index in [2.05, 4.69) is 0 Å². The molecule has 0 amide bonds. The van der Waals surface area contributed by atoms with Crippen LogP contribution in [0.25, 0.3) is 0 Å². The molecule has 2 aliphatic carbocycles. The van der Waals surface area contributed by atoms with Crippen LogP contribution in [0.3, 0.4) is 0 Å². The van der Waals surface area contributed by atoms with Crippen LogP contribution in [0.1, 0.15) is 20.8 Å². The Morgan fingerprint density at radius 2 is 2.00 bits per heavy atom. The molecule has 7 heteroatoms. The second-order valence-corrected chi connectivity index (χ2v) is 8.01. The molecule has 5 fully saturated rings. The summed E-state index contributed by atoms with van der Waals surface area (Å²) >= 11 is 0. The van der Waals surface area contributed by atoms with Gasteiger partial charge in [0.15, 0.2) is 11.7 Å². The predicted molar refractivity (Wildman–Crippen MR) is 68.6 cm³/mol. The minimum atomic E-state index is -1.58. The number of Topliss-reactive ketones (excluding diaryl/α,β-unsaturated/α-hetero) is 1. The van der Waals surface area contributed by atoms with Gasteiger partial charge in [0.2, 0.25) is 5.78 Å². The first kappa shape index (κ1) is 13.4. The van der Waals surface area contributed by atoms with E-state index < -0.39 is 58.3 Å². The lowest BCUT2D eigenvalue weighted by atomic mass is 9.51. The van der Waals surface area contributed by atoms with Crippen molar-refractivity contribution in [1.82, 2.24) is 0 Å². The normalized spacial score (nSPS) is 61.0. The van der Waals surface area contributed by atoms with Crippen molar-refractivity contribution in [3.8, 4) is 0 Å². The van der Waals surface area contributed by atoms with Gasteiger partial charge < -0.3 is 24.4 Å². The van der Waals surface area contributed by atoms with E-state index in [-0.39, 0.29) is 12.4 Å². The van der Waals surface area contributed by atoms with Crippen molar-refractivity contribution in [2.45, 2.75) is 55.9 Å². The van der Waals surface area contributed by atoms with Gasteiger partial charge in [-0.3, -0.25) is 9.59 Å². The molecule has 2 saturated carbocycles. The third kappa shape index (κ3) is 0.959. The van der Waals surface area contributed by atoms with Crippen LogP contribution in [0, 0.1) is 17.3 Å². The zero-order valence-electron chi connectivity index (χ0n) is 12.5. The quantitative estimate of drug-likeness (QED) is 0.586. The first-order valence-electron chi connectivity index (χ1n) is 7.60. The maximum absolute atomic E-state index is 12.4. The van der Waals surface area contributed by atoms with Crippen LogP contribution in [0.5, 0.6) is 0 Å². The summed E-state index contributed by atoms with van der Waals surface area (Å²) in [6, 6.07) is 0. The molecule has 5 aliphatic rings. The van der Waals surface area contributed by atoms with Crippen molar-refractivity contribution in [3.05, 3.63) is 0 Å². The lowest BCUT2D eigenvalue weighted by Gasteiger charge is -2.52. The number of carbonyl (C=O) groups is 2. The van der Waals surface area contributed by atoms with E-state index in [1.165, 1.54) is 0 Å². The average molecular weight is 310 g/mol. The molecule has 5 rings (SSSR count). The smallest absolute Gasteiger partial charge is 0.312 e. The van der Waals surface area contributed by atoms with Gasteiger partial charge in [0.25, 0.3) is 0 Å². The summed E-state index contributed by atoms with van der Waals surface area (Å²) < 4.78 is 17.0. The summed E-state index contributed by atoms with van der Waals surface area (Å²) in [7, 11) is 0. The summed E-state index contributed by atoms with van der Waals surface area (Å²) in [5.41, 5.74) is -4.98. The standard InChI is InChI=1S/C15H18O7/c1-12(2,18)5-6-11(17)21-7(5)9-13(3)14(6,19)4-20-15(13)8(16)10(15)22-9/h5-7,9-10,18-19H,4H2,1-3H3. The maximum atomic E-state index is 12.4. The Morgan fingerprint density at radius 1 is 1.32 bits per heavy atom.